The van der Waals surface area contributed by atoms with E-state index < -0.39 is 11.5 Å². The second-order valence-electron chi connectivity index (χ2n) is 7.96. The van der Waals surface area contributed by atoms with Crippen LogP contribution in [0.5, 0.6) is 5.75 Å². The van der Waals surface area contributed by atoms with Crippen LogP contribution in [0.3, 0.4) is 0 Å². The number of hydrazine groups is 1. The monoisotopic (exact) mass is 425 g/mol. The molecule has 1 aliphatic heterocycles. The summed E-state index contributed by atoms with van der Waals surface area (Å²) < 4.78 is 10.5. The summed E-state index contributed by atoms with van der Waals surface area (Å²) in [5.74, 6) is -0.331. The minimum Gasteiger partial charge on any atom is -0.496 e. The van der Waals surface area contributed by atoms with E-state index in [0.717, 1.165) is 0 Å². The number of amides is 3. The van der Waals surface area contributed by atoms with E-state index in [1.165, 1.54) is 19.2 Å². The molecule has 29 heavy (non-hydrogen) atoms. The summed E-state index contributed by atoms with van der Waals surface area (Å²) >= 11 is 5.88. The first-order valence-corrected chi connectivity index (χ1v) is 9.87. The van der Waals surface area contributed by atoms with Crippen LogP contribution in [0.1, 0.15) is 50.4 Å². The number of nitrogens with zero attached hydrogens (tertiary/aromatic N) is 1. The van der Waals surface area contributed by atoms with Crippen molar-refractivity contribution < 1.29 is 23.9 Å². The van der Waals surface area contributed by atoms with Crippen LogP contribution in [0.4, 0.5) is 4.79 Å². The van der Waals surface area contributed by atoms with Crippen molar-refractivity contribution in [3.63, 3.8) is 0 Å². The summed E-state index contributed by atoms with van der Waals surface area (Å²) in [5.41, 5.74) is 4.55. The third kappa shape index (κ3) is 7.12. The molecule has 1 aromatic rings. The third-order valence-electron chi connectivity index (χ3n) is 4.46. The fourth-order valence-corrected chi connectivity index (χ4v) is 3.17. The van der Waals surface area contributed by atoms with Crippen molar-refractivity contribution in [3.8, 4) is 5.75 Å². The van der Waals surface area contributed by atoms with Crippen molar-refractivity contribution >= 4 is 29.5 Å². The Balaban J connectivity index is 1.77. The lowest BCUT2D eigenvalue weighted by atomic mass is 9.93. The van der Waals surface area contributed by atoms with Crippen molar-refractivity contribution in [2.24, 2.45) is 5.92 Å². The molecule has 0 spiro atoms. The molecular weight excluding hydrogens is 398 g/mol. The lowest BCUT2D eigenvalue weighted by Crippen LogP contribution is -2.44. The zero-order chi connectivity index (χ0) is 21.6. The van der Waals surface area contributed by atoms with Gasteiger partial charge in [-0.1, -0.05) is 11.6 Å². The number of halogens is 1. The Labute approximate surface area is 175 Å². The maximum Gasteiger partial charge on any atom is 0.410 e. The van der Waals surface area contributed by atoms with Gasteiger partial charge in [0.1, 0.15) is 11.4 Å². The summed E-state index contributed by atoms with van der Waals surface area (Å²) in [6.07, 6.45) is 1.34. The highest BCUT2D eigenvalue weighted by molar-refractivity contribution is 6.30. The van der Waals surface area contributed by atoms with Crippen molar-refractivity contribution in [1.29, 1.82) is 0 Å². The molecule has 0 atom stereocenters. The van der Waals surface area contributed by atoms with Crippen LogP contribution in [0, 0.1) is 5.92 Å². The van der Waals surface area contributed by atoms with E-state index in [4.69, 9.17) is 21.1 Å². The number of benzene rings is 1. The van der Waals surface area contributed by atoms with Crippen LogP contribution in [-0.4, -0.2) is 48.6 Å². The Morgan fingerprint density at radius 1 is 1.17 bits per heavy atom. The Bertz CT molecular complexity index is 755. The zero-order valence-electron chi connectivity index (χ0n) is 17.2. The molecule has 0 aromatic heterocycles. The van der Waals surface area contributed by atoms with Crippen LogP contribution in [0.25, 0.3) is 0 Å². The number of carbonyl (C=O) groups is 3. The Kier molecular flexibility index (Phi) is 7.73. The Hall–Kier alpha value is -2.48. The number of methoxy groups -OCH3 is 1. The number of hydrogen-bond donors (Lipinski definition) is 2. The van der Waals surface area contributed by atoms with Gasteiger partial charge in [0.05, 0.1) is 12.7 Å². The maximum atomic E-state index is 12.3. The summed E-state index contributed by atoms with van der Waals surface area (Å²) in [4.78, 5) is 38.2. The van der Waals surface area contributed by atoms with E-state index in [1.54, 1.807) is 11.0 Å². The molecule has 3 amide bonds. The van der Waals surface area contributed by atoms with Crippen LogP contribution < -0.4 is 15.6 Å². The smallest absolute Gasteiger partial charge is 0.410 e. The number of likely N-dealkylation sites (tertiary alicyclic amines) is 1. The van der Waals surface area contributed by atoms with Crippen LogP contribution in [-0.2, 0) is 9.53 Å². The van der Waals surface area contributed by atoms with Crippen LogP contribution in [0.15, 0.2) is 18.2 Å². The van der Waals surface area contributed by atoms with Crippen molar-refractivity contribution in [3.05, 3.63) is 28.8 Å². The fraction of sp³-hybridized carbons (Fsp3) is 0.550. The summed E-state index contributed by atoms with van der Waals surface area (Å²) in [6, 6.07) is 4.62. The molecule has 0 saturated carbocycles. The number of hydrogen-bond acceptors (Lipinski definition) is 5. The van der Waals surface area contributed by atoms with Gasteiger partial charge in [-0.05, 0) is 57.7 Å². The van der Waals surface area contributed by atoms with E-state index in [-0.39, 0.29) is 29.9 Å². The molecule has 0 radical (unpaired) electrons. The minimum absolute atomic E-state index is 0.135. The van der Waals surface area contributed by atoms with Gasteiger partial charge in [-0.2, -0.15) is 0 Å². The molecular formula is C20H28ClN3O5. The highest BCUT2D eigenvalue weighted by Gasteiger charge is 2.28. The molecule has 1 heterocycles. The first kappa shape index (κ1) is 22.8. The number of rotatable bonds is 4. The van der Waals surface area contributed by atoms with Gasteiger partial charge in [0.25, 0.3) is 5.91 Å². The van der Waals surface area contributed by atoms with Gasteiger partial charge >= 0.3 is 6.09 Å². The molecule has 0 bridgehead atoms. The minimum atomic E-state index is -0.529. The Morgan fingerprint density at radius 2 is 1.83 bits per heavy atom. The molecule has 9 heteroatoms. The molecule has 0 unspecified atom stereocenters. The lowest BCUT2D eigenvalue weighted by Gasteiger charge is -2.33. The number of carbonyl (C=O) groups excluding carboxylic acids is 3. The fourth-order valence-electron chi connectivity index (χ4n) is 3.01. The summed E-state index contributed by atoms with van der Waals surface area (Å²) in [7, 11) is 1.44. The molecule has 1 aliphatic rings. The molecule has 1 aromatic carbocycles. The normalized spacial score (nSPS) is 14.9. The van der Waals surface area contributed by atoms with Gasteiger partial charge in [0, 0.05) is 24.5 Å². The second kappa shape index (κ2) is 9.82. The van der Waals surface area contributed by atoms with Gasteiger partial charge in [-0.25, -0.2) is 4.79 Å². The molecule has 0 aliphatic carbocycles. The van der Waals surface area contributed by atoms with E-state index in [0.29, 0.717) is 36.7 Å². The number of nitrogens with one attached hydrogen (secondary N) is 2. The van der Waals surface area contributed by atoms with Gasteiger partial charge in [-0.15, -0.1) is 0 Å². The maximum absolute atomic E-state index is 12.3. The lowest BCUT2D eigenvalue weighted by molar-refractivity contribution is -0.123. The topological polar surface area (TPSA) is 97.0 Å². The molecule has 160 valence electrons. The van der Waals surface area contributed by atoms with Gasteiger partial charge in [0.15, 0.2) is 0 Å². The standard InChI is InChI=1S/C20H28ClN3O5/c1-20(2,3)29-19(27)24-9-7-13(8-10-24)11-17(25)22-23-18(26)15-6-5-14(21)12-16(15)28-4/h5-6,12-13H,7-11H2,1-4H3,(H,22,25)(H,23,26). The van der Waals surface area contributed by atoms with E-state index in [9.17, 15) is 14.4 Å². The third-order valence-corrected chi connectivity index (χ3v) is 4.70. The van der Waals surface area contributed by atoms with Crippen LogP contribution >= 0.6 is 11.6 Å². The van der Waals surface area contributed by atoms with Gasteiger partial charge in [0.2, 0.25) is 5.91 Å². The molecule has 8 nitrogen and oxygen atoms in total. The summed E-state index contributed by atoms with van der Waals surface area (Å²) in [6.45, 7) is 6.57. The molecule has 1 fully saturated rings. The largest absolute Gasteiger partial charge is 0.496 e. The highest BCUT2D eigenvalue weighted by Crippen LogP contribution is 2.23. The number of ether oxygens (including phenoxy) is 2. The first-order valence-electron chi connectivity index (χ1n) is 9.49. The predicted molar refractivity (Wildman–Crippen MR) is 109 cm³/mol. The van der Waals surface area contributed by atoms with E-state index in [2.05, 4.69) is 10.9 Å². The average molecular weight is 426 g/mol. The average Bonchev–Trinajstić information content (AvgIpc) is 2.65. The van der Waals surface area contributed by atoms with Gasteiger partial charge < -0.3 is 14.4 Å². The predicted octanol–water partition coefficient (Wildman–Crippen LogP) is 3.15. The quantitative estimate of drug-likeness (QED) is 0.722. The second-order valence-corrected chi connectivity index (χ2v) is 8.40. The van der Waals surface area contributed by atoms with Crippen molar-refractivity contribution in [1.82, 2.24) is 15.8 Å². The SMILES string of the molecule is COc1cc(Cl)ccc1C(=O)NNC(=O)CC1CCN(C(=O)OC(C)(C)C)CC1. The first-order chi connectivity index (χ1) is 13.6. The van der Waals surface area contributed by atoms with Crippen LogP contribution in [0.2, 0.25) is 5.02 Å². The molecule has 1 saturated heterocycles. The molecule has 2 rings (SSSR count). The van der Waals surface area contributed by atoms with Gasteiger partial charge in [-0.3, -0.25) is 20.4 Å². The number of piperidine rings is 1. The molecule has 2 N–H and O–H groups in total. The summed E-state index contributed by atoms with van der Waals surface area (Å²) in [5, 5.41) is 0.445. The van der Waals surface area contributed by atoms with E-state index in [1.807, 2.05) is 20.8 Å². The Morgan fingerprint density at radius 3 is 2.41 bits per heavy atom. The van der Waals surface area contributed by atoms with Crippen molar-refractivity contribution in [2.75, 3.05) is 20.2 Å². The van der Waals surface area contributed by atoms with E-state index >= 15 is 0 Å². The van der Waals surface area contributed by atoms with Crippen molar-refractivity contribution in [2.45, 2.75) is 45.6 Å². The highest BCUT2D eigenvalue weighted by atomic mass is 35.5. The zero-order valence-corrected chi connectivity index (χ0v) is 18.0.